The minimum atomic E-state index is -0.370. The Balaban J connectivity index is 1.93. The summed E-state index contributed by atoms with van der Waals surface area (Å²) in [6.07, 6.45) is 2.43. The van der Waals surface area contributed by atoms with Crippen LogP contribution in [0.4, 0.5) is 0 Å². The molecular formula is C16H21N3O3. The smallest absolute Gasteiger partial charge is 0.221 e. The summed E-state index contributed by atoms with van der Waals surface area (Å²) in [7, 11) is 0. The second-order valence-electron chi connectivity index (χ2n) is 5.20. The van der Waals surface area contributed by atoms with Gasteiger partial charge in [0.05, 0.1) is 24.4 Å². The third-order valence-corrected chi connectivity index (χ3v) is 3.58. The minimum absolute atomic E-state index is 0.0899. The molecule has 0 fully saturated rings. The van der Waals surface area contributed by atoms with Crippen LogP contribution in [-0.4, -0.2) is 33.4 Å². The highest BCUT2D eigenvalue weighted by molar-refractivity contribution is 5.78. The van der Waals surface area contributed by atoms with Crippen molar-refractivity contribution in [3.8, 4) is 0 Å². The van der Waals surface area contributed by atoms with Crippen LogP contribution in [0, 0.1) is 0 Å². The summed E-state index contributed by atoms with van der Waals surface area (Å²) in [6.45, 7) is 2.77. The maximum atomic E-state index is 11.8. The molecule has 1 amide bonds. The van der Waals surface area contributed by atoms with Crippen molar-refractivity contribution in [1.29, 1.82) is 0 Å². The molecule has 0 bridgehead atoms. The van der Waals surface area contributed by atoms with E-state index < -0.39 is 0 Å². The Kier molecular flexibility index (Phi) is 5.66. The number of nitrogens with one attached hydrogen (secondary N) is 1. The lowest BCUT2D eigenvalue weighted by Gasteiger charge is -2.10. The summed E-state index contributed by atoms with van der Waals surface area (Å²) in [5, 5.41) is 16.9. The Hall–Kier alpha value is -2.21. The second-order valence-corrected chi connectivity index (χ2v) is 5.20. The molecule has 1 heterocycles. The standard InChI is InChI=1S/C16H21N3O3/c1-2-12(20)7-9-17-16(22)8-10-19-14-6-4-3-5-13(14)15(21)11-18-19/h3-6,11-12,20H,2,7-10H2,1H3,(H,17,22). The van der Waals surface area contributed by atoms with Crippen LogP contribution in [0.3, 0.4) is 0 Å². The van der Waals surface area contributed by atoms with E-state index in [9.17, 15) is 14.7 Å². The molecule has 22 heavy (non-hydrogen) atoms. The fraction of sp³-hybridized carbons (Fsp3) is 0.438. The first-order valence-electron chi connectivity index (χ1n) is 7.51. The average Bonchev–Trinajstić information content (AvgIpc) is 2.54. The maximum Gasteiger partial charge on any atom is 0.221 e. The molecule has 0 aliphatic carbocycles. The number of carbonyl (C=O) groups excluding carboxylic acids is 1. The first-order valence-corrected chi connectivity index (χ1v) is 7.51. The fourth-order valence-corrected chi connectivity index (χ4v) is 2.22. The van der Waals surface area contributed by atoms with Crippen LogP contribution >= 0.6 is 0 Å². The number of para-hydroxylation sites is 1. The molecule has 1 atom stereocenters. The van der Waals surface area contributed by atoms with Crippen LogP contribution in [-0.2, 0) is 11.3 Å². The number of amides is 1. The number of nitrogens with zero attached hydrogens (tertiary/aromatic N) is 2. The highest BCUT2D eigenvalue weighted by Gasteiger charge is 2.07. The van der Waals surface area contributed by atoms with Crippen molar-refractivity contribution >= 4 is 16.8 Å². The molecule has 1 unspecified atom stereocenters. The molecule has 0 aliphatic rings. The Labute approximate surface area is 128 Å². The zero-order valence-electron chi connectivity index (χ0n) is 12.7. The molecule has 2 rings (SSSR count). The predicted octanol–water partition coefficient (Wildman–Crippen LogP) is 1.06. The first kappa shape index (κ1) is 16.2. The van der Waals surface area contributed by atoms with Crippen molar-refractivity contribution in [3.63, 3.8) is 0 Å². The van der Waals surface area contributed by atoms with Gasteiger partial charge < -0.3 is 10.4 Å². The minimum Gasteiger partial charge on any atom is -0.393 e. The van der Waals surface area contributed by atoms with Crippen molar-refractivity contribution in [1.82, 2.24) is 15.1 Å². The SMILES string of the molecule is CCC(O)CCNC(=O)CCn1ncc(=O)c2ccccc21. The van der Waals surface area contributed by atoms with Gasteiger partial charge in [0.1, 0.15) is 0 Å². The number of aliphatic hydroxyl groups is 1. The van der Waals surface area contributed by atoms with Crippen LogP contribution in [0.5, 0.6) is 0 Å². The van der Waals surface area contributed by atoms with Gasteiger partial charge in [0.2, 0.25) is 11.3 Å². The molecule has 0 aliphatic heterocycles. The Morgan fingerprint density at radius 3 is 2.95 bits per heavy atom. The molecule has 6 nitrogen and oxygen atoms in total. The maximum absolute atomic E-state index is 11.8. The molecular weight excluding hydrogens is 282 g/mol. The lowest BCUT2D eigenvalue weighted by Crippen LogP contribution is -2.28. The van der Waals surface area contributed by atoms with Crippen molar-refractivity contribution < 1.29 is 9.90 Å². The summed E-state index contributed by atoms with van der Waals surface area (Å²) in [5.74, 6) is -0.0899. The topological polar surface area (TPSA) is 84.2 Å². The summed E-state index contributed by atoms with van der Waals surface area (Å²) in [4.78, 5) is 23.5. The molecule has 0 radical (unpaired) electrons. The number of carbonyl (C=O) groups is 1. The van der Waals surface area contributed by atoms with Crippen molar-refractivity contribution in [2.45, 2.75) is 38.8 Å². The number of aliphatic hydroxyl groups excluding tert-OH is 1. The molecule has 1 aromatic heterocycles. The van der Waals surface area contributed by atoms with Crippen molar-refractivity contribution in [3.05, 3.63) is 40.7 Å². The van der Waals surface area contributed by atoms with E-state index in [0.717, 1.165) is 5.52 Å². The Morgan fingerprint density at radius 1 is 1.41 bits per heavy atom. The monoisotopic (exact) mass is 303 g/mol. The van der Waals surface area contributed by atoms with Gasteiger partial charge in [-0.2, -0.15) is 5.10 Å². The van der Waals surface area contributed by atoms with Crippen LogP contribution < -0.4 is 10.7 Å². The number of aromatic nitrogens is 2. The van der Waals surface area contributed by atoms with E-state index in [2.05, 4.69) is 10.4 Å². The van der Waals surface area contributed by atoms with E-state index in [1.807, 2.05) is 19.1 Å². The van der Waals surface area contributed by atoms with Gasteiger partial charge in [-0.05, 0) is 25.0 Å². The van der Waals surface area contributed by atoms with Gasteiger partial charge in [0.25, 0.3) is 0 Å². The lowest BCUT2D eigenvalue weighted by atomic mass is 10.2. The fourth-order valence-electron chi connectivity index (χ4n) is 2.22. The third-order valence-electron chi connectivity index (χ3n) is 3.58. The number of aryl methyl sites for hydroxylation is 1. The molecule has 1 aromatic carbocycles. The first-order chi connectivity index (χ1) is 10.6. The summed E-state index contributed by atoms with van der Waals surface area (Å²) in [6, 6.07) is 7.22. The number of fused-ring (bicyclic) bond motifs is 1. The second kappa shape index (κ2) is 7.70. The molecule has 0 saturated heterocycles. The van der Waals surface area contributed by atoms with Gasteiger partial charge in [0, 0.05) is 18.4 Å². The van der Waals surface area contributed by atoms with Crippen LogP contribution in [0.15, 0.2) is 35.3 Å². The van der Waals surface area contributed by atoms with Gasteiger partial charge in [-0.1, -0.05) is 19.1 Å². The van der Waals surface area contributed by atoms with Crippen molar-refractivity contribution in [2.24, 2.45) is 0 Å². The van der Waals surface area contributed by atoms with E-state index in [1.54, 1.807) is 16.8 Å². The molecule has 2 N–H and O–H groups in total. The quantitative estimate of drug-likeness (QED) is 0.801. The van der Waals surface area contributed by atoms with Crippen LogP contribution in [0.2, 0.25) is 0 Å². The highest BCUT2D eigenvalue weighted by Crippen LogP contribution is 2.08. The van der Waals surface area contributed by atoms with Gasteiger partial charge in [-0.3, -0.25) is 14.3 Å². The summed E-state index contributed by atoms with van der Waals surface area (Å²) >= 11 is 0. The van der Waals surface area contributed by atoms with E-state index >= 15 is 0 Å². The van der Waals surface area contributed by atoms with Gasteiger partial charge >= 0.3 is 0 Å². The van der Waals surface area contributed by atoms with Crippen molar-refractivity contribution in [2.75, 3.05) is 6.54 Å². The van der Waals surface area contributed by atoms with Gasteiger partial charge in [-0.15, -0.1) is 0 Å². The lowest BCUT2D eigenvalue weighted by molar-refractivity contribution is -0.121. The Morgan fingerprint density at radius 2 is 2.18 bits per heavy atom. The summed E-state index contributed by atoms with van der Waals surface area (Å²) in [5.41, 5.74) is 0.606. The normalized spacial score (nSPS) is 12.3. The molecule has 0 spiro atoms. The average molecular weight is 303 g/mol. The highest BCUT2D eigenvalue weighted by atomic mass is 16.3. The van der Waals surface area contributed by atoms with Crippen LogP contribution in [0.1, 0.15) is 26.2 Å². The summed E-state index contributed by atoms with van der Waals surface area (Å²) < 4.78 is 1.66. The van der Waals surface area contributed by atoms with Gasteiger partial charge in [-0.25, -0.2) is 0 Å². The zero-order chi connectivity index (χ0) is 15.9. The van der Waals surface area contributed by atoms with E-state index in [0.29, 0.717) is 31.3 Å². The number of hydrogen-bond acceptors (Lipinski definition) is 4. The predicted molar refractivity (Wildman–Crippen MR) is 84.5 cm³/mol. The molecule has 118 valence electrons. The number of hydrogen-bond donors (Lipinski definition) is 2. The van der Waals surface area contributed by atoms with Crippen LogP contribution in [0.25, 0.3) is 10.9 Å². The molecule has 0 saturated carbocycles. The largest absolute Gasteiger partial charge is 0.393 e. The third kappa shape index (κ3) is 4.14. The van der Waals surface area contributed by atoms with Gasteiger partial charge in [0.15, 0.2) is 0 Å². The van der Waals surface area contributed by atoms with E-state index in [1.165, 1.54) is 6.20 Å². The number of rotatable bonds is 7. The number of benzene rings is 1. The zero-order valence-corrected chi connectivity index (χ0v) is 12.7. The van der Waals surface area contributed by atoms with E-state index in [-0.39, 0.29) is 23.9 Å². The van der Waals surface area contributed by atoms with E-state index in [4.69, 9.17) is 0 Å². The molecule has 2 aromatic rings. The molecule has 6 heteroatoms. The Bertz CT molecular complexity index is 696.